The number of hydrogen-bond acceptors (Lipinski definition) is 2. The van der Waals surface area contributed by atoms with E-state index >= 15 is 0 Å². The lowest BCUT2D eigenvalue weighted by atomic mass is 10.2. The van der Waals surface area contributed by atoms with Gasteiger partial charge in [-0.2, -0.15) is 0 Å². The van der Waals surface area contributed by atoms with E-state index in [4.69, 9.17) is 4.43 Å². The Morgan fingerprint density at radius 1 is 1.50 bits per heavy atom. The maximum absolute atomic E-state index is 11.3. The summed E-state index contributed by atoms with van der Waals surface area (Å²) in [7, 11) is -1.13. The van der Waals surface area contributed by atoms with Gasteiger partial charge in [0.2, 0.25) is 0 Å². The Morgan fingerprint density at radius 3 is 2.71 bits per heavy atom. The molecule has 0 saturated heterocycles. The second-order valence-corrected chi connectivity index (χ2v) is 4.78. The zero-order chi connectivity index (χ0) is 10.4. The Bertz CT molecular complexity index is 308. The first kappa shape index (κ1) is 10.7. The highest BCUT2D eigenvalue weighted by Gasteiger charge is 2.08. The van der Waals surface area contributed by atoms with Gasteiger partial charge in [-0.25, -0.2) is 0 Å². The van der Waals surface area contributed by atoms with Gasteiger partial charge in [-0.3, -0.25) is 4.79 Å². The first-order valence-electron chi connectivity index (χ1n) is 4.43. The third kappa shape index (κ3) is 3.58. The molecule has 0 unspecified atom stereocenters. The van der Waals surface area contributed by atoms with Crippen LogP contribution in [0.3, 0.4) is 0 Å². The van der Waals surface area contributed by atoms with Crippen molar-refractivity contribution in [3.8, 4) is 0 Å². The first-order valence-corrected chi connectivity index (χ1v) is 6.41. The van der Waals surface area contributed by atoms with Crippen molar-refractivity contribution < 1.29 is 9.22 Å². The molecule has 73 valence electrons. The van der Waals surface area contributed by atoms with Crippen molar-refractivity contribution >= 4 is 15.0 Å². The van der Waals surface area contributed by atoms with Gasteiger partial charge in [0.25, 0.3) is 5.97 Å². The van der Waals surface area contributed by atoms with Gasteiger partial charge in [0.15, 0.2) is 0 Å². The van der Waals surface area contributed by atoms with Crippen molar-refractivity contribution in [2.45, 2.75) is 13.0 Å². The molecule has 0 aliphatic carbocycles. The lowest BCUT2D eigenvalue weighted by Gasteiger charge is -2.06. The average molecular weight is 205 g/mol. The molecule has 0 heterocycles. The third-order valence-corrected chi connectivity index (χ3v) is 2.88. The van der Waals surface area contributed by atoms with E-state index in [2.05, 4.69) is 6.58 Å². The molecule has 1 aromatic rings. The highest BCUT2D eigenvalue weighted by Crippen LogP contribution is 2.01. The Balaban J connectivity index is 2.46. The molecule has 0 amide bonds. The highest BCUT2D eigenvalue weighted by molar-refractivity contribution is 6.57. The van der Waals surface area contributed by atoms with Crippen molar-refractivity contribution in [2.75, 3.05) is 0 Å². The van der Waals surface area contributed by atoms with E-state index in [1.165, 1.54) is 0 Å². The minimum atomic E-state index is -1.13. The van der Waals surface area contributed by atoms with Crippen LogP contribution in [-0.2, 0) is 15.6 Å². The minimum absolute atomic E-state index is 0.174. The van der Waals surface area contributed by atoms with Crippen molar-refractivity contribution in [3.05, 3.63) is 48.2 Å². The van der Waals surface area contributed by atoms with E-state index in [1.54, 1.807) is 5.70 Å². The average Bonchev–Trinajstić information content (AvgIpc) is 2.19. The maximum Gasteiger partial charge on any atom is 0.309 e. The van der Waals surface area contributed by atoms with Gasteiger partial charge in [-0.15, -0.1) is 6.58 Å². The maximum atomic E-state index is 11.3. The zero-order valence-corrected chi connectivity index (χ0v) is 9.19. The summed E-state index contributed by atoms with van der Waals surface area (Å²) >= 11 is 0. The van der Waals surface area contributed by atoms with Crippen LogP contribution in [0.1, 0.15) is 5.56 Å². The molecule has 1 aromatic carbocycles. The molecule has 1 radical (unpaired) electrons. The van der Waals surface area contributed by atoms with Gasteiger partial charge in [0, 0.05) is 0 Å². The highest BCUT2D eigenvalue weighted by atomic mass is 28.3. The number of hydrogen-bond donors (Lipinski definition) is 0. The Morgan fingerprint density at radius 2 is 2.14 bits per heavy atom. The van der Waals surface area contributed by atoms with Crippen molar-refractivity contribution in [1.29, 1.82) is 0 Å². The summed E-state index contributed by atoms with van der Waals surface area (Å²) in [4.78, 5) is 11.3. The predicted molar refractivity (Wildman–Crippen MR) is 58.1 cm³/mol. The lowest BCUT2D eigenvalue weighted by molar-refractivity contribution is -0.133. The van der Waals surface area contributed by atoms with E-state index in [0.717, 1.165) is 5.56 Å². The van der Waals surface area contributed by atoms with Gasteiger partial charge in [-0.1, -0.05) is 36.0 Å². The number of carbonyl (C=O) groups is 1. The van der Waals surface area contributed by atoms with E-state index in [1.807, 2.05) is 36.9 Å². The SMILES string of the molecule is C=C[Si](C)OC(=O)Cc1ccccc1. The standard InChI is InChI=1S/C11H13O2Si/c1-3-14(2)13-11(12)9-10-7-5-4-6-8-10/h3-8H,1,9H2,2H3. The molecule has 0 atom stereocenters. The zero-order valence-electron chi connectivity index (χ0n) is 8.19. The van der Waals surface area contributed by atoms with Gasteiger partial charge in [0.1, 0.15) is 0 Å². The van der Waals surface area contributed by atoms with Crippen LogP contribution in [0.5, 0.6) is 0 Å². The Labute approximate surface area is 85.9 Å². The van der Waals surface area contributed by atoms with Crippen LogP contribution in [-0.4, -0.2) is 15.0 Å². The Kier molecular flexibility index (Phi) is 4.13. The van der Waals surface area contributed by atoms with Crippen molar-refractivity contribution in [1.82, 2.24) is 0 Å². The quantitative estimate of drug-likeness (QED) is 0.704. The molecule has 2 nitrogen and oxygen atoms in total. The van der Waals surface area contributed by atoms with Crippen LogP contribution in [0, 0.1) is 0 Å². The normalized spacial score (nSPS) is 9.86. The van der Waals surface area contributed by atoms with Crippen molar-refractivity contribution in [2.24, 2.45) is 0 Å². The van der Waals surface area contributed by atoms with Gasteiger partial charge in [-0.05, 0) is 12.1 Å². The largest absolute Gasteiger partial charge is 0.513 e. The summed E-state index contributed by atoms with van der Waals surface area (Å²) in [6, 6.07) is 9.57. The summed E-state index contributed by atoms with van der Waals surface area (Å²) in [6.45, 7) is 5.48. The summed E-state index contributed by atoms with van der Waals surface area (Å²) in [5.41, 5.74) is 2.68. The summed E-state index contributed by atoms with van der Waals surface area (Å²) in [5, 5.41) is 0. The second kappa shape index (κ2) is 5.39. The van der Waals surface area contributed by atoms with Gasteiger partial charge >= 0.3 is 9.04 Å². The van der Waals surface area contributed by atoms with E-state index < -0.39 is 9.04 Å². The topological polar surface area (TPSA) is 26.3 Å². The van der Waals surface area contributed by atoms with Crippen LogP contribution in [0.4, 0.5) is 0 Å². The molecule has 0 saturated carbocycles. The number of carbonyl (C=O) groups excluding carboxylic acids is 1. The van der Waals surface area contributed by atoms with E-state index in [0.29, 0.717) is 6.42 Å². The van der Waals surface area contributed by atoms with Crippen LogP contribution in [0.2, 0.25) is 6.55 Å². The van der Waals surface area contributed by atoms with Crippen LogP contribution in [0.25, 0.3) is 0 Å². The molecule has 0 fully saturated rings. The summed E-state index contributed by atoms with van der Waals surface area (Å²) in [6.07, 6.45) is 0.344. The monoisotopic (exact) mass is 205 g/mol. The van der Waals surface area contributed by atoms with Crippen LogP contribution < -0.4 is 0 Å². The second-order valence-electron chi connectivity index (χ2n) is 2.95. The molecule has 0 aromatic heterocycles. The molecular formula is C11H13O2Si. The fourth-order valence-corrected chi connectivity index (χ4v) is 1.53. The minimum Gasteiger partial charge on any atom is -0.513 e. The molecule has 0 bridgehead atoms. The molecule has 14 heavy (non-hydrogen) atoms. The summed E-state index contributed by atoms with van der Waals surface area (Å²) < 4.78 is 5.15. The predicted octanol–water partition coefficient (Wildman–Crippen LogP) is 2.12. The molecular weight excluding hydrogens is 192 g/mol. The molecule has 0 N–H and O–H groups in total. The van der Waals surface area contributed by atoms with E-state index in [9.17, 15) is 4.79 Å². The third-order valence-electron chi connectivity index (χ3n) is 1.75. The van der Waals surface area contributed by atoms with Gasteiger partial charge < -0.3 is 4.43 Å². The van der Waals surface area contributed by atoms with Gasteiger partial charge in [0.05, 0.1) is 6.42 Å². The van der Waals surface area contributed by atoms with E-state index in [-0.39, 0.29) is 5.97 Å². The van der Waals surface area contributed by atoms with Crippen LogP contribution >= 0.6 is 0 Å². The Hall–Kier alpha value is -1.35. The molecule has 1 rings (SSSR count). The van der Waals surface area contributed by atoms with Crippen molar-refractivity contribution in [3.63, 3.8) is 0 Å². The fraction of sp³-hybridized carbons (Fsp3) is 0.182. The first-order chi connectivity index (χ1) is 6.72. The summed E-state index contributed by atoms with van der Waals surface area (Å²) in [5.74, 6) is -0.174. The molecule has 0 aliphatic rings. The van der Waals surface area contributed by atoms with Crippen LogP contribution in [0.15, 0.2) is 42.6 Å². The molecule has 3 heteroatoms. The number of benzene rings is 1. The molecule has 0 aliphatic heterocycles. The number of rotatable bonds is 4. The fourth-order valence-electron chi connectivity index (χ4n) is 1.02. The molecule has 0 spiro atoms. The smallest absolute Gasteiger partial charge is 0.309 e. The lowest BCUT2D eigenvalue weighted by Crippen LogP contribution is -2.18.